The van der Waals surface area contributed by atoms with Crippen molar-refractivity contribution in [2.75, 3.05) is 0 Å². The van der Waals surface area contributed by atoms with Crippen LogP contribution in [0, 0.1) is 34.5 Å². The highest BCUT2D eigenvalue weighted by molar-refractivity contribution is 5.92. The van der Waals surface area contributed by atoms with E-state index in [0.29, 0.717) is 31.3 Å². The Morgan fingerprint density at radius 2 is 1.72 bits per heavy atom. The van der Waals surface area contributed by atoms with E-state index < -0.39 is 28.1 Å². The van der Waals surface area contributed by atoms with Crippen molar-refractivity contribution in [2.45, 2.75) is 102 Å². The number of ether oxygens (including phenoxy) is 2. The third kappa shape index (κ3) is 2.47. The molecule has 2 heterocycles. The minimum Gasteiger partial charge on any atom is -0.461 e. The molecule has 1 spiro atoms. The van der Waals surface area contributed by atoms with Crippen molar-refractivity contribution in [1.29, 1.82) is 0 Å². The second-order valence-electron chi connectivity index (χ2n) is 13.7. The van der Waals surface area contributed by atoms with Crippen molar-refractivity contribution in [3.8, 4) is 0 Å². The quantitative estimate of drug-likeness (QED) is 0.299. The Balaban J connectivity index is 1.39. The lowest BCUT2D eigenvalue weighted by atomic mass is 9.52. The summed E-state index contributed by atoms with van der Waals surface area (Å²) in [6.45, 7) is 12.2. The molecule has 4 fully saturated rings. The summed E-state index contributed by atoms with van der Waals surface area (Å²) < 4.78 is 12.4. The summed E-state index contributed by atoms with van der Waals surface area (Å²) >= 11 is 0. The third-order valence-corrected chi connectivity index (χ3v) is 11.9. The van der Waals surface area contributed by atoms with Crippen LogP contribution >= 0.6 is 0 Å². The molecule has 0 aromatic heterocycles. The molecule has 2 N–H and O–H groups in total. The number of carbonyl (C=O) groups excluding carboxylic acids is 2. The van der Waals surface area contributed by atoms with Crippen molar-refractivity contribution >= 4 is 11.9 Å². The number of rotatable bonds is 0. The van der Waals surface area contributed by atoms with Gasteiger partial charge in [0.05, 0.1) is 16.6 Å². The maximum Gasteiger partial charge on any atom is 0.334 e. The highest BCUT2D eigenvalue weighted by Crippen LogP contribution is 2.76. The molecular weight excluding hydrogens is 456 g/mol. The van der Waals surface area contributed by atoms with Crippen LogP contribution in [0.5, 0.6) is 0 Å². The molecule has 2 saturated carbocycles. The second-order valence-corrected chi connectivity index (χ2v) is 13.7. The third-order valence-electron chi connectivity index (χ3n) is 11.9. The predicted molar refractivity (Wildman–Crippen MR) is 131 cm³/mol. The number of allylic oxidation sites excluding steroid dienone is 1. The Morgan fingerprint density at radius 1 is 0.972 bits per heavy atom. The van der Waals surface area contributed by atoms with Gasteiger partial charge >= 0.3 is 11.9 Å². The minimum atomic E-state index is -0.998. The SMILES string of the molecule is C=C1C(=O)O[C@@H]2C3=C([C@@H]4C[C@]3(C)[C@]3(C4)C(=O)O[C@@H]4C5C(=C(C)CC[C@H]43)CC[C@@]5(C)O)[C@@](C)(O)CC[C@@H]12. The number of fused-ring (bicyclic) bond motifs is 11. The van der Waals surface area contributed by atoms with Crippen molar-refractivity contribution in [3.05, 3.63) is 34.4 Å². The first-order valence-electron chi connectivity index (χ1n) is 13.8. The summed E-state index contributed by atoms with van der Waals surface area (Å²) in [6, 6.07) is 0. The average molecular weight is 495 g/mol. The fourth-order valence-electron chi connectivity index (χ4n) is 10.4. The van der Waals surface area contributed by atoms with Gasteiger partial charge in [0.1, 0.15) is 12.2 Å². The lowest BCUT2D eigenvalue weighted by Gasteiger charge is -2.48. The zero-order chi connectivity index (χ0) is 25.6. The Hall–Kier alpha value is -1.92. The predicted octanol–water partition coefficient (Wildman–Crippen LogP) is 4.15. The van der Waals surface area contributed by atoms with Gasteiger partial charge in [0.15, 0.2) is 0 Å². The second kappa shape index (κ2) is 6.74. The highest BCUT2D eigenvalue weighted by Gasteiger charge is 2.77. The molecule has 7 rings (SSSR count). The van der Waals surface area contributed by atoms with Gasteiger partial charge in [0, 0.05) is 28.7 Å². The summed E-state index contributed by atoms with van der Waals surface area (Å²) in [4.78, 5) is 26.8. The van der Waals surface area contributed by atoms with Crippen LogP contribution in [0.3, 0.4) is 0 Å². The Morgan fingerprint density at radius 3 is 2.47 bits per heavy atom. The molecule has 5 aliphatic carbocycles. The monoisotopic (exact) mass is 494 g/mol. The van der Waals surface area contributed by atoms with E-state index in [1.165, 1.54) is 11.1 Å². The molecular formula is C30H38O6. The number of esters is 2. The first-order chi connectivity index (χ1) is 16.8. The zero-order valence-corrected chi connectivity index (χ0v) is 21.9. The summed E-state index contributed by atoms with van der Waals surface area (Å²) in [5, 5.41) is 23.1. The van der Waals surface area contributed by atoms with Crippen LogP contribution in [-0.4, -0.2) is 45.6 Å². The maximum atomic E-state index is 14.2. The van der Waals surface area contributed by atoms with Crippen LogP contribution in [-0.2, 0) is 19.1 Å². The molecule has 6 nitrogen and oxygen atoms in total. The molecule has 0 aromatic rings. The molecule has 1 unspecified atom stereocenters. The summed E-state index contributed by atoms with van der Waals surface area (Å²) in [7, 11) is 0. The van der Waals surface area contributed by atoms with Gasteiger partial charge in [-0.1, -0.05) is 24.6 Å². The fourth-order valence-corrected chi connectivity index (χ4v) is 10.4. The van der Waals surface area contributed by atoms with Crippen molar-refractivity contribution in [3.63, 3.8) is 0 Å². The van der Waals surface area contributed by atoms with Gasteiger partial charge in [-0.25, -0.2) is 4.79 Å². The summed E-state index contributed by atoms with van der Waals surface area (Å²) in [5.74, 6) is -0.816. The van der Waals surface area contributed by atoms with Crippen molar-refractivity contribution in [1.82, 2.24) is 0 Å². The van der Waals surface area contributed by atoms with Crippen molar-refractivity contribution < 1.29 is 29.3 Å². The van der Waals surface area contributed by atoms with E-state index in [0.717, 1.165) is 36.8 Å². The molecule has 2 saturated heterocycles. The van der Waals surface area contributed by atoms with Gasteiger partial charge in [-0.2, -0.15) is 0 Å². The lowest BCUT2D eigenvalue weighted by Crippen LogP contribution is -2.51. The van der Waals surface area contributed by atoms with Crippen LogP contribution in [0.25, 0.3) is 0 Å². The van der Waals surface area contributed by atoms with Gasteiger partial charge in [-0.05, 0) is 89.2 Å². The summed E-state index contributed by atoms with van der Waals surface area (Å²) in [5.41, 5.74) is 1.87. The molecule has 0 aromatic carbocycles. The molecule has 6 heteroatoms. The van der Waals surface area contributed by atoms with E-state index in [9.17, 15) is 19.8 Å². The van der Waals surface area contributed by atoms with Crippen LogP contribution < -0.4 is 0 Å². The van der Waals surface area contributed by atoms with Gasteiger partial charge in [0.2, 0.25) is 0 Å². The Bertz CT molecular complexity index is 1190. The Kier molecular flexibility index (Phi) is 4.35. The van der Waals surface area contributed by atoms with Gasteiger partial charge in [-0.15, -0.1) is 0 Å². The highest BCUT2D eigenvalue weighted by atomic mass is 16.6. The Labute approximate surface area is 212 Å². The van der Waals surface area contributed by atoms with Crippen LogP contribution in [0.15, 0.2) is 34.4 Å². The zero-order valence-electron chi connectivity index (χ0n) is 21.9. The average Bonchev–Trinajstić information content (AvgIpc) is 3.48. The van der Waals surface area contributed by atoms with E-state index in [-0.39, 0.29) is 41.7 Å². The first kappa shape index (κ1) is 23.2. The fraction of sp³-hybridized carbons (Fsp3) is 0.733. The minimum absolute atomic E-state index is 0.0250. The lowest BCUT2D eigenvalue weighted by molar-refractivity contribution is -0.155. The number of carbonyl (C=O) groups is 2. The van der Waals surface area contributed by atoms with E-state index >= 15 is 0 Å². The smallest absolute Gasteiger partial charge is 0.334 e. The normalized spacial score (nSPS) is 53.2. The van der Waals surface area contributed by atoms with Crippen LogP contribution in [0.2, 0.25) is 0 Å². The number of aliphatic hydroxyl groups is 2. The van der Waals surface area contributed by atoms with Crippen molar-refractivity contribution in [2.24, 2.45) is 34.5 Å². The summed E-state index contributed by atoms with van der Waals surface area (Å²) in [6.07, 6.45) is 5.11. The molecule has 7 aliphatic rings. The molecule has 2 bridgehead atoms. The largest absolute Gasteiger partial charge is 0.461 e. The molecule has 36 heavy (non-hydrogen) atoms. The van der Waals surface area contributed by atoms with Gasteiger partial charge in [0.25, 0.3) is 0 Å². The molecule has 0 radical (unpaired) electrons. The van der Waals surface area contributed by atoms with Gasteiger partial charge < -0.3 is 19.7 Å². The maximum absolute atomic E-state index is 14.2. The molecule has 194 valence electrons. The molecule has 0 amide bonds. The van der Waals surface area contributed by atoms with E-state index in [1.54, 1.807) is 0 Å². The van der Waals surface area contributed by atoms with Crippen LogP contribution in [0.1, 0.15) is 79.1 Å². The topological polar surface area (TPSA) is 93.1 Å². The number of hydrogen-bond acceptors (Lipinski definition) is 6. The first-order valence-corrected chi connectivity index (χ1v) is 13.8. The number of hydrogen-bond donors (Lipinski definition) is 2. The molecule has 10 atom stereocenters. The van der Waals surface area contributed by atoms with Gasteiger partial charge in [-0.3, -0.25) is 4.79 Å². The van der Waals surface area contributed by atoms with Crippen LogP contribution in [0.4, 0.5) is 0 Å². The van der Waals surface area contributed by atoms with E-state index in [2.05, 4.69) is 20.4 Å². The molecule has 2 aliphatic heterocycles. The van der Waals surface area contributed by atoms with E-state index in [1.807, 2.05) is 13.8 Å². The standard InChI is InChI=1S/C30H38O6/c1-14-6-7-19-24(21-17(14)8-10-29(21,5)34)36-26(32)30(19)13-16-12-27(30,3)22-20(16)28(4,33)11-9-18-15(2)25(31)35-23(18)22/h16,18-19,21,23-24,33-34H,2,6-13H2,1,3-5H3/t16-,18+,19-,21?,23+,24+,27+,28+,29-,30+/m1/s1. The van der Waals surface area contributed by atoms with E-state index in [4.69, 9.17) is 9.47 Å².